The molecule has 2 rings (SSSR count). The van der Waals surface area contributed by atoms with Gasteiger partial charge in [-0.2, -0.15) is 0 Å². The van der Waals surface area contributed by atoms with Gasteiger partial charge in [0, 0.05) is 4.88 Å². The molecular weight excluding hydrogens is 290 g/mol. The van der Waals surface area contributed by atoms with E-state index in [1.165, 1.54) is 0 Å². The third kappa shape index (κ3) is 3.36. The molecule has 0 aliphatic heterocycles. The molecule has 0 aliphatic carbocycles. The van der Waals surface area contributed by atoms with Gasteiger partial charge in [0.25, 0.3) is 0 Å². The molecule has 1 heterocycles. The third-order valence-corrected chi connectivity index (χ3v) is 4.91. The monoisotopic (exact) mass is 317 g/mol. The summed E-state index contributed by atoms with van der Waals surface area (Å²) in [7, 11) is 0. The predicted molar refractivity (Wildman–Crippen MR) is 95.9 cm³/mol. The topological polar surface area (TPSA) is 46.2 Å². The Kier molecular flexibility index (Phi) is 4.42. The van der Waals surface area contributed by atoms with Gasteiger partial charge in [0.15, 0.2) is 0 Å². The summed E-state index contributed by atoms with van der Waals surface area (Å²) in [5.41, 5.74) is 9.19. The van der Waals surface area contributed by atoms with Crippen molar-refractivity contribution >= 4 is 11.3 Å². The summed E-state index contributed by atoms with van der Waals surface area (Å²) < 4.78 is 0. The molecule has 0 aliphatic rings. The Morgan fingerprint density at radius 3 is 1.86 bits per heavy atom. The fourth-order valence-corrected chi connectivity index (χ4v) is 3.37. The predicted octanol–water partition coefficient (Wildman–Crippen LogP) is 5.10. The fraction of sp³-hybridized carbons (Fsp3) is 0.474. The van der Waals surface area contributed by atoms with Gasteiger partial charge in [-0.3, -0.25) is 0 Å². The van der Waals surface area contributed by atoms with Crippen molar-refractivity contribution in [1.82, 2.24) is 0 Å². The van der Waals surface area contributed by atoms with Crippen LogP contribution in [-0.4, -0.2) is 5.11 Å². The summed E-state index contributed by atoms with van der Waals surface area (Å²) in [6.07, 6.45) is 0. The number of hydrogen-bond acceptors (Lipinski definition) is 3. The van der Waals surface area contributed by atoms with Crippen molar-refractivity contribution in [3.05, 3.63) is 51.2 Å². The maximum Gasteiger partial charge on any atom is 0.123 e. The number of hydrogen-bond donors (Lipinski definition) is 2. The van der Waals surface area contributed by atoms with Gasteiger partial charge in [-0.15, -0.1) is 11.3 Å². The van der Waals surface area contributed by atoms with Crippen LogP contribution in [0.25, 0.3) is 0 Å². The van der Waals surface area contributed by atoms with Gasteiger partial charge in [0.05, 0.1) is 6.04 Å². The van der Waals surface area contributed by atoms with Crippen LogP contribution in [0.15, 0.2) is 29.6 Å². The van der Waals surface area contributed by atoms with E-state index >= 15 is 0 Å². The zero-order chi connectivity index (χ0) is 16.7. The number of nitrogens with two attached hydrogens (primary N) is 1. The third-order valence-electron chi connectivity index (χ3n) is 3.96. The average molecular weight is 317 g/mol. The molecule has 0 amide bonds. The molecule has 1 atom stereocenters. The summed E-state index contributed by atoms with van der Waals surface area (Å²) in [5.74, 6) is 0.405. The lowest BCUT2D eigenvalue weighted by Gasteiger charge is -2.29. The molecule has 0 radical (unpaired) electrons. The second kappa shape index (κ2) is 5.71. The van der Waals surface area contributed by atoms with Gasteiger partial charge in [-0.25, -0.2) is 0 Å². The first-order valence-electron chi connectivity index (χ1n) is 7.68. The van der Waals surface area contributed by atoms with Gasteiger partial charge in [0.1, 0.15) is 5.75 Å². The molecule has 2 aromatic rings. The Morgan fingerprint density at radius 2 is 1.50 bits per heavy atom. The second-order valence-corrected chi connectivity index (χ2v) is 8.94. The molecule has 2 nitrogen and oxygen atoms in total. The minimum absolute atomic E-state index is 0.130. The summed E-state index contributed by atoms with van der Waals surface area (Å²) in [4.78, 5) is 1.14. The highest BCUT2D eigenvalue weighted by Crippen LogP contribution is 2.41. The van der Waals surface area contributed by atoms with Crippen molar-refractivity contribution in [2.45, 2.75) is 58.4 Å². The number of benzene rings is 1. The van der Waals surface area contributed by atoms with Gasteiger partial charge in [-0.05, 0) is 51.1 Å². The van der Waals surface area contributed by atoms with Gasteiger partial charge in [0.2, 0.25) is 0 Å². The Labute approximate surface area is 138 Å². The average Bonchev–Trinajstić information content (AvgIpc) is 2.89. The number of rotatable bonds is 2. The first-order chi connectivity index (χ1) is 10.0. The lowest BCUT2D eigenvalue weighted by atomic mass is 9.77. The largest absolute Gasteiger partial charge is 0.507 e. The van der Waals surface area contributed by atoms with Crippen LogP contribution in [0, 0.1) is 0 Å². The van der Waals surface area contributed by atoms with Gasteiger partial charge in [-0.1, -0.05) is 47.6 Å². The van der Waals surface area contributed by atoms with Crippen LogP contribution in [0.1, 0.15) is 69.2 Å². The maximum absolute atomic E-state index is 10.8. The van der Waals surface area contributed by atoms with Gasteiger partial charge < -0.3 is 10.8 Å². The van der Waals surface area contributed by atoms with Crippen LogP contribution in [0.2, 0.25) is 0 Å². The number of thiophene rings is 1. The smallest absolute Gasteiger partial charge is 0.123 e. The van der Waals surface area contributed by atoms with Crippen molar-refractivity contribution < 1.29 is 5.11 Å². The highest BCUT2D eigenvalue weighted by atomic mass is 32.1. The van der Waals surface area contributed by atoms with Crippen LogP contribution in [0.4, 0.5) is 0 Å². The molecule has 0 unspecified atom stereocenters. The van der Waals surface area contributed by atoms with E-state index in [2.05, 4.69) is 59.7 Å². The van der Waals surface area contributed by atoms with E-state index in [0.29, 0.717) is 5.75 Å². The highest BCUT2D eigenvalue weighted by Gasteiger charge is 2.27. The molecule has 1 aromatic heterocycles. The summed E-state index contributed by atoms with van der Waals surface area (Å²) in [6.45, 7) is 12.7. The maximum atomic E-state index is 10.8. The van der Waals surface area contributed by atoms with E-state index in [1.54, 1.807) is 11.3 Å². The van der Waals surface area contributed by atoms with E-state index in [4.69, 9.17) is 5.73 Å². The summed E-state index contributed by atoms with van der Waals surface area (Å²) in [6, 6.07) is 8.07. The minimum atomic E-state index is -0.150. The van der Waals surface area contributed by atoms with Crippen LogP contribution in [-0.2, 0) is 10.8 Å². The van der Waals surface area contributed by atoms with Crippen LogP contribution >= 0.6 is 11.3 Å². The normalized spacial score (nSPS) is 14.1. The molecule has 3 heteroatoms. The zero-order valence-corrected chi connectivity index (χ0v) is 15.2. The van der Waals surface area contributed by atoms with E-state index in [-0.39, 0.29) is 16.9 Å². The number of aromatic hydroxyl groups is 1. The molecule has 22 heavy (non-hydrogen) atoms. The molecule has 3 N–H and O–H groups in total. The molecular formula is C19H27NOS. The van der Waals surface area contributed by atoms with E-state index in [9.17, 15) is 5.11 Å². The van der Waals surface area contributed by atoms with Crippen molar-refractivity contribution in [1.29, 1.82) is 0 Å². The van der Waals surface area contributed by atoms with Crippen LogP contribution in [0.5, 0.6) is 5.75 Å². The zero-order valence-electron chi connectivity index (χ0n) is 14.4. The molecule has 120 valence electrons. The highest BCUT2D eigenvalue weighted by molar-refractivity contribution is 7.10. The molecule has 0 saturated carbocycles. The molecule has 0 bridgehead atoms. The molecule has 0 saturated heterocycles. The van der Waals surface area contributed by atoms with E-state index in [1.807, 2.05) is 11.4 Å². The van der Waals surface area contributed by atoms with Crippen molar-refractivity contribution in [2.75, 3.05) is 0 Å². The lowest BCUT2D eigenvalue weighted by Crippen LogP contribution is -2.20. The molecule has 0 fully saturated rings. The van der Waals surface area contributed by atoms with E-state index in [0.717, 1.165) is 21.6 Å². The Bertz CT molecular complexity index is 610. The first kappa shape index (κ1) is 17.0. The minimum Gasteiger partial charge on any atom is -0.507 e. The standard InChI is InChI=1S/C19H27NOS/c1-18(2,3)13-10-12(16(20)15-8-7-9-22-15)11-14(17(13)21)19(4,5)6/h7-11,16,21H,20H2,1-6H3/t16-/m1/s1. The first-order valence-corrected chi connectivity index (χ1v) is 8.56. The summed E-state index contributed by atoms with van der Waals surface area (Å²) in [5, 5.41) is 12.8. The second-order valence-electron chi connectivity index (χ2n) is 7.96. The quantitative estimate of drug-likeness (QED) is 0.809. The van der Waals surface area contributed by atoms with Crippen molar-refractivity contribution in [2.24, 2.45) is 5.73 Å². The number of phenols is 1. The summed E-state index contributed by atoms with van der Waals surface area (Å²) >= 11 is 1.67. The van der Waals surface area contributed by atoms with Gasteiger partial charge >= 0.3 is 0 Å². The Balaban J connectivity index is 2.65. The van der Waals surface area contributed by atoms with Crippen molar-refractivity contribution in [3.8, 4) is 5.75 Å². The lowest BCUT2D eigenvalue weighted by molar-refractivity contribution is 0.422. The fourth-order valence-electron chi connectivity index (χ4n) is 2.61. The Hall–Kier alpha value is -1.32. The Morgan fingerprint density at radius 1 is 1.00 bits per heavy atom. The van der Waals surface area contributed by atoms with Crippen molar-refractivity contribution in [3.63, 3.8) is 0 Å². The SMILES string of the molecule is CC(C)(C)c1cc([C@@H](N)c2cccs2)cc(C(C)(C)C)c1O. The molecule has 0 spiro atoms. The number of phenolic OH excluding ortho intramolecular Hbond substituents is 1. The molecule has 1 aromatic carbocycles. The van der Waals surface area contributed by atoms with E-state index < -0.39 is 0 Å². The van der Waals surface area contributed by atoms with Crippen LogP contribution < -0.4 is 5.73 Å². The van der Waals surface area contributed by atoms with Crippen LogP contribution in [0.3, 0.4) is 0 Å².